The predicted octanol–water partition coefficient (Wildman–Crippen LogP) is 4.86. The van der Waals surface area contributed by atoms with Crippen LogP contribution >= 0.6 is 11.6 Å². The fourth-order valence-corrected chi connectivity index (χ4v) is 2.66. The molecule has 0 aromatic heterocycles. The highest BCUT2D eigenvalue weighted by Crippen LogP contribution is 2.21. The molecule has 3 rings (SSSR count). The van der Waals surface area contributed by atoms with Crippen molar-refractivity contribution in [1.29, 1.82) is 0 Å². The van der Waals surface area contributed by atoms with Crippen molar-refractivity contribution in [2.75, 3.05) is 19.0 Å². The lowest BCUT2D eigenvalue weighted by atomic mass is 10.1. The summed E-state index contributed by atoms with van der Waals surface area (Å²) in [6.07, 6.45) is 0. The highest BCUT2D eigenvalue weighted by atomic mass is 35.5. The van der Waals surface area contributed by atoms with Gasteiger partial charge in [0.05, 0.1) is 12.7 Å². The van der Waals surface area contributed by atoms with Gasteiger partial charge in [0.2, 0.25) is 0 Å². The minimum absolute atomic E-state index is 0.0887. The van der Waals surface area contributed by atoms with Crippen molar-refractivity contribution in [2.45, 2.75) is 0 Å². The predicted molar refractivity (Wildman–Crippen MR) is 109 cm³/mol. The molecule has 0 saturated heterocycles. The van der Waals surface area contributed by atoms with Gasteiger partial charge in [0.15, 0.2) is 12.4 Å². The maximum Gasteiger partial charge on any atom is 0.259 e. The Morgan fingerprint density at radius 2 is 1.61 bits per heavy atom. The normalized spacial score (nSPS) is 10.2. The molecule has 142 valence electrons. The summed E-state index contributed by atoms with van der Waals surface area (Å²) in [6, 6.07) is 20.4. The zero-order valence-electron chi connectivity index (χ0n) is 15.1. The standard InChI is InChI=1S/C22H18ClNO4/c1-27-21-5-3-2-4-19(21)22(26)24-17-10-12-18(13-11-17)28-14-20(25)15-6-8-16(23)9-7-15/h2-13H,14H2,1H3,(H,24,26). The monoisotopic (exact) mass is 395 g/mol. The number of benzene rings is 3. The summed E-state index contributed by atoms with van der Waals surface area (Å²) in [7, 11) is 1.52. The Kier molecular flexibility index (Phi) is 6.29. The van der Waals surface area contributed by atoms with Crippen molar-refractivity contribution < 1.29 is 19.1 Å². The molecule has 3 aromatic carbocycles. The number of ether oxygens (including phenoxy) is 2. The largest absolute Gasteiger partial charge is 0.496 e. The second kappa shape index (κ2) is 9.06. The lowest BCUT2D eigenvalue weighted by Gasteiger charge is -2.10. The van der Waals surface area contributed by atoms with Gasteiger partial charge >= 0.3 is 0 Å². The molecular weight excluding hydrogens is 378 g/mol. The first-order chi connectivity index (χ1) is 13.6. The third-order valence-electron chi connectivity index (χ3n) is 4.00. The highest BCUT2D eigenvalue weighted by molar-refractivity contribution is 6.30. The van der Waals surface area contributed by atoms with Crippen LogP contribution in [0.3, 0.4) is 0 Å². The number of carbonyl (C=O) groups excluding carboxylic acids is 2. The molecule has 1 N–H and O–H groups in total. The van der Waals surface area contributed by atoms with Crippen LogP contribution in [0.2, 0.25) is 5.02 Å². The third-order valence-corrected chi connectivity index (χ3v) is 4.25. The van der Waals surface area contributed by atoms with Gasteiger partial charge in [-0.05, 0) is 60.7 Å². The fourth-order valence-electron chi connectivity index (χ4n) is 2.53. The number of Topliss-reactive ketones (excluding diaryl/α,β-unsaturated/α-hetero) is 1. The molecule has 0 aliphatic carbocycles. The van der Waals surface area contributed by atoms with Gasteiger partial charge in [-0.25, -0.2) is 0 Å². The first-order valence-corrected chi connectivity index (χ1v) is 8.90. The smallest absolute Gasteiger partial charge is 0.259 e. The van der Waals surface area contributed by atoms with Gasteiger partial charge in [-0.15, -0.1) is 0 Å². The SMILES string of the molecule is COc1ccccc1C(=O)Nc1ccc(OCC(=O)c2ccc(Cl)cc2)cc1. The van der Waals surface area contributed by atoms with Crippen molar-refractivity contribution in [3.63, 3.8) is 0 Å². The number of amides is 1. The molecular formula is C22H18ClNO4. The van der Waals surface area contributed by atoms with E-state index in [1.54, 1.807) is 72.8 Å². The molecule has 6 heteroatoms. The Hall–Kier alpha value is -3.31. The molecule has 0 aliphatic rings. The molecule has 0 heterocycles. The number of halogens is 1. The van der Waals surface area contributed by atoms with Crippen LogP contribution in [-0.2, 0) is 0 Å². The van der Waals surface area contributed by atoms with Gasteiger partial charge in [0.25, 0.3) is 5.91 Å². The van der Waals surface area contributed by atoms with Crippen molar-refractivity contribution in [1.82, 2.24) is 0 Å². The molecule has 5 nitrogen and oxygen atoms in total. The molecule has 1 amide bonds. The number of methoxy groups -OCH3 is 1. The minimum Gasteiger partial charge on any atom is -0.496 e. The van der Waals surface area contributed by atoms with Gasteiger partial charge in [-0.1, -0.05) is 23.7 Å². The van der Waals surface area contributed by atoms with Gasteiger partial charge in [0.1, 0.15) is 11.5 Å². The quantitative estimate of drug-likeness (QED) is 0.580. The van der Waals surface area contributed by atoms with E-state index in [1.807, 2.05) is 0 Å². The van der Waals surface area contributed by atoms with Crippen LogP contribution in [0, 0.1) is 0 Å². The van der Waals surface area contributed by atoms with Crippen LogP contribution in [0.1, 0.15) is 20.7 Å². The first-order valence-electron chi connectivity index (χ1n) is 8.53. The molecule has 0 unspecified atom stereocenters. The molecule has 0 spiro atoms. The Balaban J connectivity index is 1.58. The summed E-state index contributed by atoms with van der Waals surface area (Å²) >= 11 is 5.82. The summed E-state index contributed by atoms with van der Waals surface area (Å²) < 4.78 is 10.7. The molecule has 0 radical (unpaired) electrons. The van der Waals surface area contributed by atoms with E-state index in [2.05, 4.69) is 5.32 Å². The van der Waals surface area contributed by atoms with Gasteiger partial charge in [-0.2, -0.15) is 0 Å². The second-order valence-corrected chi connectivity index (χ2v) is 6.33. The first kappa shape index (κ1) is 19.5. The van der Waals surface area contributed by atoms with Crippen LogP contribution in [-0.4, -0.2) is 25.4 Å². The van der Waals surface area contributed by atoms with Gasteiger partial charge < -0.3 is 14.8 Å². The van der Waals surface area contributed by atoms with Gasteiger partial charge in [0, 0.05) is 16.3 Å². The molecule has 0 saturated carbocycles. The van der Waals surface area contributed by atoms with E-state index in [4.69, 9.17) is 21.1 Å². The van der Waals surface area contributed by atoms with E-state index >= 15 is 0 Å². The minimum atomic E-state index is -0.274. The van der Waals surface area contributed by atoms with Gasteiger partial charge in [-0.3, -0.25) is 9.59 Å². The number of carbonyl (C=O) groups is 2. The molecule has 0 atom stereocenters. The average molecular weight is 396 g/mol. The number of nitrogens with one attached hydrogen (secondary N) is 1. The zero-order valence-corrected chi connectivity index (χ0v) is 15.9. The number of para-hydroxylation sites is 1. The van der Waals surface area contributed by atoms with E-state index in [9.17, 15) is 9.59 Å². The summed E-state index contributed by atoms with van der Waals surface area (Å²) in [6.45, 7) is -0.0887. The Morgan fingerprint density at radius 1 is 0.929 bits per heavy atom. The van der Waals surface area contributed by atoms with Crippen LogP contribution < -0.4 is 14.8 Å². The van der Waals surface area contributed by atoms with E-state index in [0.29, 0.717) is 33.3 Å². The Morgan fingerprint density at radius 3 is 2.29 bits per heavy atom. The number of hydrogen-bond donors (Lipinski definition) is 1. The fraction of sp³-hybridized carbons (Fsp3) is 0.0909. The molecule has 3 aromatic rings. The molecule has 28 heavy (non-hydrogen) atoms. The van der Waals surface area contributed by atoms with E-state index in [1.165, 1.54) is 7.11 Å². The molecule has 0 fully saturated rings. The van der Waals surface area contributed by atoms with Crippen molar-refractivity contribution in [3.8, 4) is 11.5 Å². The summed E-state index contributed by atoms with van der Waals surface area (Å²) in [5.74, 6) is 0.604. The average Bonchev–Trinajstić information content (AvgIpc) is 2.73. The van der Waals surface area contributed by atoms with E-state index < -0.39 is 0 Å². The Bertz CT molecular complexity index is 969. The van der Waals surface area contributed by atoms with Crippen molar-refractivity contribution >= 4 is 29.0 Å². The number of rotatable bonds is 7. The maximum absolute atomic E-state index is 12.4. The summed E-state index contributed by atoms with van der Waals surface area (Å²) in [5, 5.41) is 3.37. The third kappa shape index (κ3) is 4.90. The van der Waals surface area contributed by atoms with Crippen LogP contribution in [0.4, 0.5) is 5.69 Å². The van der Waals surface area contributed by atoms with Crippen LogP contribution in [0.15, 0.2) is 72.8 Å². The lowest BCUT2D eigenvalue weighted by Crippen LogP contribution is -2.13. The van der Waals surface area contributed by atoms with Crippen molar-refractivity contribution in [3.05, 3.63) is 88.9 Å². The van der Waals surface area contributed by atoms with E-state index in [-0.39, 0.29) is 18.3 Å². The lowest BCUT2D eigenvalue weighted by molar-refractivity contribution is 0.0921. The van der Waals surface area contributed by atoms with Crippen molar-refractivity contribution in [2.24, 2.45) is 0 Å². The van der Waals surface area contributed by atoms with Crippen LogP contribution in [0.25, 0.3) is 0 Å². The van der Waals surface area contributed by atoms with E-state index in [0.717, 1.165) is 0 Å². The summed E-state index contributed by atoms with van der Waals surface area (Å²) in [4.78, 5) is 24.5. The zero-order chi connectivity index (χ0) is 19.9. The maximum atomic E-state index is 12.4. The molecule has 0 bridgehead atoms. The second-order valence-electron chi connectivity index (χ2n) is 5.90. The Labute approximate surface area is 167 Å². The topological polar surface area (TPSA) is 64.6 Å². The molecule has 0 aliphatic heterocycles. The number of anilines is 1. The highest BCUT2D eigenvalue weighted by Gasteiger charge is 2.12. The number of hydrogen-bond acceptors (Lipinski definition) is 4. The number of ketones is 1. The van der Waals surface area contributed by atoms with Crippen LogP contribution in [0.5, 0.6) is 11.5 Å². The summed E-state index contributed by atoms with van der Waals surface area (Å²) in [5.41, 5.74) is 1.58.